The highest BCUT2D eigenvalue weighted by atomic mass is 19.1. The predicted molar refractivity (Wildman–Crippen MR) is 77.0 cm³/mol. The van der Waals surface area contributed by atoms with Crippen molar-refractivity contribution < 1.29 is 13.9 Å². The highest BCUT2D eigenvalue weighted by molar-refractivity contribution is 5.77. The average Bonchev–Trinajstić information content (AvgIpc) is 2.36. The average molecular weight is 282 g/mol. The molecule has 1 amide bonds. The van der Waals surface area contributed by atoms with E-state index in [1.807, 2.05) is 0 Å². The van der Waals surface area contributed by atoms with E-state index in [0.29, 0.717) is 18.0 Å². The van der Waals surface area contributed by atoms with Gasteiger partial charge in [0.15, 0.2) is 18.2 Å². The number of nitrogens with one attached hydrogen (secondary N) is 1. The number of nitrogens with two attached hydrogens (primary N) is 1. The summed E-state index contributed by atoms with van der Waals surface area (Å²) in [6, 6.07) is 4.28. The molecule has 1 rings (SSSR count). The quantitative estimate of drug-likeness (QED) is 0.807. The molecule has 0 heterocycles. The van der Waals surface area contributed by atoms with Crippen molar-refractivity contribution in [3.8, 4) is 5.75 Å². The van der Waals surface area contributed by atoms with Gasteiger partial charge in [-0.2, -0.15) is 0 Å². The van der Waals surface area contributed by atoms with Gasteiger partial charge >= 0.3 is 0 Å². The van der Waals surface area contributed by atoms with Crippen LogP contribution in [0.5, 0.6) is 5.75 Å². The maximum atomic E-state index is 13.7. The van der Waals surface area contributed by atoms with Crippen LogP contribution in [0.3, 0.4) is 0 Å². The van der Waals surface area contributed by atoms with Gasteiger partial charge in [0.1, 0.15) is 0 Å². The molecule has 0 aliphatic carbocycles. The first-order valence-corrected chi connectivity index (χ1v) is 6.84. The lowest BCUT2D eigenvalue weighted by Gasteiger charge is -2.11. The van der Waals surface area contributed by atoms with Crippen LogP contribution in [0, 0.1) is 11.7 Å². The molecular formula is C15H23FN2O2. The summed E-state index contributed by atoms with van der Waals surface area (Å²) in [5.74, 6) is -0.163. The predicted octanol–water partition coefficient (Wildman–Crippen LogP) is 2.39. The van der Waals surface area contributed by atoms with E-state index in [-0.39, 0.29) is 24.3 Å². The van der Waals surface area contributed by atoms with Crippen molar-refractivity contribution in [3.63, 3.8) is 0 Å². The Morgan fingerprint density at radius 1 is 1.40 bits per heavy atom. The molecule has 1 aromatic rings. The fourth-order valence-electron chi connectivity index (χ4n) is 1.61. The lowest BCUT2D eigenvalue weighted by molar-refractivity contribution is -0.123. The van der Waals surface area contributed by atoms with E-state index in [9.17, 15) is 9.18 Å². The number of ether oxygens (including phenoxy) is 1. The van der Waals surface area contributed by atoms with Gasteiger partial charge in [-0.3, -0.25) is 4.79 Å². The van der Waals surface area contributed by atoms with Crippen LogP contribution in [0.15, 0.2) is 18.2 Å². The molecule has 0 aliphatic rings. The van der Waals surface area contributed by atoms with Gasteiger partial charge in [0.25, 0.3) is 5.91 Å². The Balaban J connectivity index is 2.43. The standard InChI is InChI=1S/C15H23FN2O2/c1-10(2)6-7-18-15(19)9-20-14-5-4-12(11(3)17)8-13(14)16/h4-5,8,10-11H,6-7,9,17H2,1-3H3,(H,18,19)/t11-/m1/s1. The van der Waals surface area contributed by atoms with Crippen LogP contribution in [-0.4, -0.2) is 19.1 Å². The molecule has 0 unspecified atom stereocenters. The number of hydrogen-bond donors (Lipinski definition) is 2. The first-order valence-electron chi connectivity index (χ1n) is 6.84. The normalized spacial score (nSPS) is 12.3. The summed E-state index contributed by atoms with van der Waals surface area (Å²) in [7, 11) is 0. The molecule has 4 nitrogen and oxygen atoms in total. The second-order valence-corrected chi connectivity index (χ2v) is 5.30. The summed E-state index contributed by atoms with van der Waals surface area (Å²) in [5.41, 5.74) is 6.35. The Morgan fingerprint density at radius 3 is 2.65 bits per heavy atom. The molecule has 0 aliphatic heterocycles. The highest BCUT2D eigenvalue weighted by Crippen LogP contribution is 2.20. The Bertz CT molecular complexity index is 447. The summed E-state index contributed by atoms with van der Waals surface area (Å²) < 4.78 is 18.9. The molecule has 1 atom stereocenters. The van der Waals surface area contributed by atoms with E-state index in [1.165, 1.54) is 12.1 Å². The number of amides is 1. The molecule has 0 aromatic heterocycles. The van der Waals surface area contributed by atoms with Crippen molar-refractivity contribution in [2.75, 3.05) is 13.2 Å². The molecule has 1 aromatic carbocycles. The molecule has 5 heteroatoms. The molecule has 0 spiro atoms. The minimum Gasteiger partial charge on any atom is -0.481 e. The number of carbonyl (C=O) groups is 1. The smallest absolute Gasteiger partial charge is 0.257 e. The van der Waals surface area contributed by atoms with Crippen LogP contribution in [0.25, 0.3) is 0 Å². The summed E-state index contributed by atoms with van der Waals surface area (Å²) in [6.07, 6.45) is 0.906. The van der Waals surface area contributed by atoms with Crippen molar-refractivity contribution in [1.82, 2.24) is 5.32 Å². The largest absolute Gasteiger partial charge is 0.481 e. The molecule has 0 bridgehead atoms. The van der Waals surface area contributed by atoms with Crippen LogP contribution in [0.1, 0.15) is 38.8 Å². The SMILES string of the molecule is CC(C)CCNC(=O)COc1ccc([C@@H](C)N)cc1F. The second-order valence-electron chi connectivity index (χ2n) is 5.30. The van der Waals surface area contributed by atoms with Gasteiger partial charge in [-0.15, -0.1) is 0 Å². The number of hydrogen-bond acceptors (Lipinski definition) is 3. The zero-order valence-electron chi connectivity index (χ0n) is 12.3. The molecule has 0 saturated carbocycles. The summed E-state index contributed by atoms with van der Waals surface area (Å²) >= 11 is 0. The first-order chi connectivity index (χ1) is 9.40. The van der Waals surface area contributed by atoms with Crippen molar-refractivity contribution in [3.05, 3.63) is 29.6 Å². The fourth-order valence-corrected chi connectivity index (χ4v) is 1.61. The van der Waals surface area contributed by atoms with E-state index >= 15 is 0 Å². The molecule has 0 saturated heterocycles. The van der Waals surface area contributed by atoms with E-state index < -0.39 is 5.82 Å². The van der Waals surface area contributed by atoms with Crippen molar-refractivity contribution in [2.24, 2.45) is 11.7 Å². The van der Waals surface area contributed by atoms with Crippen molar-refractivity contribution in [1.29, 1.82) is 0 Å². The molecule has 20 heavy (non-hydrogen) atoms. The van der Waals surface area contributed by atoms with Gasteiger partial charge < -0.3 is 15.8 Å². The Labute approximate surface area is 119 Å². The molecule has 0 fully saturated rings. The van der Waals surface area contributed by atoms with Gasteiger partial charge in [-0.25, -0.2) is 4.39 Å². The molecular weight excluding hydrogens is 259 g/mol. The number of benzene rings is 1. The topological polar surface area (TPSA) is 64.3 Å². The zero-order valence-corrected chi connectivity index (χ0v) is 12.3. The van der Waals surface area contributed by atoms with Crippen LogP contribution >= 0.6 is 0 Å². The van der Waals surface area contributed by atoms with Gasteiger partial charge in [-0.1, -0.05) is 19.9 Å². The Hall–Kier alpha value is -1.62. The summed E-state index contributed by atoms with van der Waals surface area (Å²) in [4.78, 5) is 11.5. The highest BCUT2D eigenvalue weighted by Gasteiger charge is 2.09. The van der Waals surface area contributed by atoms with E-state index in [2.05, 4.69) is 19.2 Å². The van der Waals surface area contributed by atoms with Gasteiger partial charge in [-0.05, 0) is 37.0 Å². The van der Waals surface area contributed by atoms with E-state index in [4.69, 9.17) is 10.5 Å². The molecule has 112 valence electrons. The summed E-state index contributed by atoms with van der Waals surface area (Å²) in [5, 5.41) is 2.73. The fraction of sp³-hybridized carbons (Fsp3) is 0.533. The first kappa shape index (κ1) is 16.4. The monoisotopic (exact) mass is 282 g/mol. The minimum atomic E-state index is -0.505. The third kappa shape index (κ3) is 5.57. The molecule has 3 N–H and O–H groups in total. The Morgan fingerprint density at radius 2 is 2.10 bits per heavy atom. The van der Waals surface area contributed by atoms with Crippen molar-refractivity contribution >= 4 is 5.91 Å². The number of halogens is 1. The summed E-state index contributed by atoms with van der Waals surface area (Å²) in [6.45, 7) is 6.35. The van der Waals surface area contributed by atoms with Crippen molar-refractivity contribution in [2.45, 2.75) is 33.2 Å². The number of carbonyl (C=O) groups excluding carboxylic acids is 1. The van der Waals surface area contributed by atoms with Crippen LogP contribution in [-0.2, 0) is 4.79 Å². The van der Waals surface area contributed by atoms with Gasteiger partial charge in [0.2, 0.25) is 0 Å². The van der Waals surface area contributed by atoms with Gasteiger partial charge in [0, 0.05) is 12.6 Å². The zero-order chi connectivity index (χ0) is 15.1. The lowest BCUT2D eigenvalue weighted by atomic mass is 10.1. The second kappa shape index (κ2) is 7.85. The van der Waals surface area contributed by atoms with Crippen LogP contribution < -0.4 is 15.8 Å². The van der Waals surface area contributed by atoms with E-state index in [0.717, 1.165) is 6.42 Å². The Kier molecular flexibility index (Phi) is 6.45. The minimum absolute atomic E-state index is 0.0633. The third-order valence-corrected chi connectivity index (χ3v) is 2.88. The maximum absolute atomic E-state index is 13.7. The third-order valence-electron chi connectivity index (χ3n) is 2.88. The van der Waals surface area contributed by atoms with Gasteiger partial charge in [0.05, 0.1) is 0 Å². The van der Waals surface area contributed by atoms with Crippen LogP contribution in [0.4, 0.5) is 4.39 Å². The van der Waals surface area contributed by atoms with Crippen LogP contribution in [0.2, 0.25) is 0 Å². The molecule has 0 radical (unpaired) electrons. The maximum Gasteiger partial charge on any atom is 0.257 e. The van der Waals surface area contributed by atoms with E-state index in [1.54, 1.807) is 13.0 Å². The lowest BCUT2D eigenvalue weighted by Crippen LogP contribution is -2.30. The number of rotatable bonds is 7.